The van der Waals surface area contributed by atoms with Crippen LogP contribution in [0.4, 0.5) is 0 Å². The molecule has 3 heterocycles. The normalized spacial score (nSPS) is 16.0. The van der Waals surface area contributed by atoms with Gasteiger partial charge in [0.15, 0.2) is 11.4 Å². The van der Waals surface area contributed by atoms with Crippen molar-refractivity contribution in [3.8, 4) is 11.6 Å². The molecule has 0 aliphatic carbocycles. The first-order valence-electron chi connectivity index (χ1n) is 11.7. The first-order valence-corrected chi connectivity index (χ1v) is 11.7. The van der Waals surface area contributed by atoms with Crippen molar-refractivity contribution in [2.24, 2.45) is 0 Å². The van der Waals surface area contributed by atoms with Crippen molar-refractivity contribution in [1.82, 2.24) is 24.1 Å². The van der Waals surface area contributed by atoms with Crippen molar-refractivity contribution in [3.63, 3.8) is 0 Å². The number of hydrogen-bond acceptors (Lipinski definition) is 7. The highest BCUT2D eigenvalue weighted by molar-refractivity contribution is 5.84. The molecule has 9 nitrogen and oxygen atoms in total. The third-order valence-electron chi connectivity index (χ3n) is 6.84. The average Bonchev–Trinajstić information content (AvgIpc) is 3.30. The summed E-state index contributed by atoms with van der Waals surface area (Å²) in [6.45, 7) is 6.42. The standard InChI is InChI=1S/C26H29N5O4/c1-18(29-14-12-28(2)13-15-29)20-6-9-23-22(16-20)25(27-35-23)30-11-10-24(32)31(26(30)33)17-19-4-7-21(34-3)8-5-19/h4-11,16,18H,12-15,17H2,1-3H3. The van der Waals surface area contributed by atoms with Gasteiger partial charge in [0.2, 0.25) is 0 Å². The van der Waals surface area contributed by atoms with Gasteiger partial charge in [-0.15, -0.1) is 0 Å². The molecule has 2 aromatic heterocycles. The summed E-state index contributed by atoms with van der Waals surface area (Å²) in [4.78, 5) is 30.7. The Morgan fingerprint density at radius 2 is 1.77 bits per heavy atom. The second-order valence-electron chi connectivity index (χ2n) is 9.02. The van der Waals surface area contributed by atoms with Crippen molar-refractivity contribution in [1.29, 1.82) is 0 Å². The van der Waals surface area contributed by atoms with Crippen LogP contribution in [0.15, 0.2) is 68.8 Å². The van der Waals surface area contributed by atoms with Crippen LogP contribution in [0.2, 0.25) is 0 Å². The van der Waals surface area contributed by atoms with Gasteiger partial charge in [0.25, 0.3) is 5.56 Å². The Morgan fingerprint density at radius 3 is 2.49 bits per heavy atom. The molecule has 1 fully saturated rings. The van der Waals surface area contributed by atoms with E-state index in [4.69, 9.17) is 9.26 Å². The monoisotopic (exact) mass is 475 g/mol. The van der Waals surface area contributed by atoms with E-state index in [1.807, 2.05) is 30.3 Å². The fraction of sp³-hybridized carbons (Fsp3) is 0.346. The molecule has 9 heteroatoms. The molecule has 4 aromatic rings. The summed E-state index contributed by atoms with van der Waals surface area (Å²) < 4.78 is 13.3. The van der Waals surface area contributed by atoms with E-state index < -0.39 is 5.69 Å². The highest BCUT2D eigenvalue weighted by Crippen LogP contribution is 2.28. The summed E-state index contributed by atoms with van der Waals surface area (Å²) in [7, 11) is 3.73. The van der Waals surface area contributed by atoms with Crippen LogP contribution in [-0.4, -0.2) is 64.4 Å². The van der Waals surface area contributed by atoms with E-state index in [-0.39, 0.29) is 18.1 Å². The molecule has 0 saturated carbocycles. The topological polar surface area (TPSA) is 85.7 Å². The summed E-state index contributed by atoms with van der Waals surface area (Å²) in [5.74, 6) is 1.09. The molecule has 182 valence electrons. The van der Waals surface area contributed by atoms with Crippen molar-refractivity contribution >= 4 is 11.0 Å². The summed E-state index contributed by atoms with van der Waals surface area (Å²) in [6, 6.07) is 14.8. The maximum Gasteiger partial charge on any atom is 0.337 e. The zero-order valence-corrected chi connectivity index (χ0v) is 20.2. The minimum Gasteiger partial charge on any atom is -0.497 e. The number of hydrogen-bond donors (Lipinski definition) is 0. The molecule has 2 aromatic carbocycles. The number of aromatic nitrogens is 3. The third kappa shape index (κ3) is 4.52. The molecule has 5 rings (SSSR count). The molecule has 0 bridgehead atoms. The molecule has 1 aliphatic rings. The van der Waals surface area contributed by atoms with E-state index in [9.17, 15) is 9.59 Å². The number of likely N-dealkylation sites (N-methyl/N-ethyl adjacent to an activating group) is 1. The third-order valence-corrected chi connectivity index (χ3v) is 6.84. The van der Waals surface area contributed by atoms with Crippen LogP contribution in [0, 0.1) is 0 Å². The lowest BCUT2D eigenvalue weighted by atomic mass is 10.0. The van der Waals surface area contributed by atoms with Crippen LogP contribution < -0.4 is 16.0 Å². The van der Waals surface area contributed by atoms with Crippen LogP contribution in [0.3, 0.4) is 0 Å². The van der Waals surface area contributed by atoms with Gasteiger partial charge in [-0.25, -0.2) is 9.36 Å². The molecule has 0 N–H and O–H groups in total. The Bertz CT molecular complexity index is 1450. The van der Waals surface area contributed by atoms with Gasteiger partial charge < -0.3 is 14.2 Å². The molecule has 35 heavy (non-hydrogen) atoms. The number of fused-ring (bicyclic) bond motifs is 1. The van der Waals surface area contributed by atoms with Gasteiger partial charge in [0.05, 0.1) is 19.0 Å². The Hall–Kier alpha value is -3.69. The highest BCUT2D eigenvalue weighted by Gasteiger charge is 2.22. The van der Waals surface area contributed by atoms with Gasteiger partial charge in [-0.2, -0.15) is 0 Å². The molecule has 1 saturated heterocycles. The van der Waals surface area contributed by atoms with Crippen LogP contribution in [0.1, 0.15) is 24.1 Å². The number of ether oxygens (including phenoxy) is 1. The number of nitrogens with zero attached hydrogens (tertiary/aromatic N) is 5. The van der Waals surface area contributed by atoms with Gasteiger partial charge in [-0.1, -0.05) is 23.4 Å². The number of benzene rings is 2. The zero-order valence-electron chi connectivity index (χ0n) is 20.2. The summed E-state index contributed by atoms with van der Waals surface area (Å²) >= 11 is 0. The molecular weight excluding hydrogens is 446 g/mol. The molecule has 0 spiro atoms. The van der Waals surface area contributed by atoms with Gasteiger partial charge in [0, 0.05) is 44.5 Å². The largest absolute Gasteiger partial charge is 0.497 e. The number of methoxy groups -OCH3 is 1. The Labute approximate surface area is 202 Å². The SMILES string of the molecule is COc1ccc(Cn2c(=O)ccn(-c3noc4ccc(C(C)N5CCN(C)CC5)cc34)c2=O)cc1. The smallest absolute Gasteiger partial charge is 0.337 e. The van der Waals surface area contributed by atoms with Gasteiger partial charge in [0.1, 0.15) is 5.75 Å². The highest BCUT2D eigenvalue weighted by atomic mass is 16.5. The van der Waals surface area contributed by atoms with E-state index in [2.05, 4.69) is 28.9 Å². The predicted octanol–water partition coefficient (Wildman–Crippen LogP) is 2.51. The molecule has 0 amide bonds. The van der Waals surface area contributed by atoms with Crippen molar-refractivity contribution < 1.29 is 9.26 Å². The van der Waals surface area contributed by atoms with Crippen LogP contribution in [0.25, 0.3) is 16.8 Å². The Kier molecular flexibility index (Phi) is 6.27. The minimum atomic E-state index is -0.471. The van der Waals surface area contributed by atoms with Crippen LogP contribution in [-0.2, 0) is 6.54 Å². The summed E-state index contributed by atoms with van der Waals surface area (Å²) in [6.07, 6.45) is 1.46. The van der Waals surface area contributed by atoms with E-state index in [0.29, 0.717) is 17.2 Å². The first kappa shape index (κ1) is 23.1. The molecule has 1 atom stereocenters. The lowest BCUT2D eigenvalue weighted by molar-refractivity contribution is 0.119. The number of rotatable bonds is 6. The van der Waals surface area contributed by atoms with E-state index in [1.165, 1.54) is 21.4 Å². The quantitative estimate of drug-likeness (QED) is 0.424. The lowest BCUT2D eigenvalue weighted by Crippen LogP contribution is -2.45. The Morgan fingerprint density at radius 1 is 1.03 bits per heavy atom. The summed E-state index contributed by atoms with van der Waals surface area (Å²) in [5.41, 5.74) is 1.69. The number of piperazine rings is 1. The molecular formula is C26H29N5O4. The fourth-order valence-electron chi connectivity index (χ4n) is 4.53. The van der Waals surface area contributed by atoms with Crippen LogP contribution >= 0.6 is 0 Å². The fourth-order valence-corrected chi connectivity index (χ4v) is 4.53. The van der Waals surface area contributed by atoms with E-state index >= 15 is 0 Å². The minimum absolute atomic E-state index is 0.143. The zero-order chi connectivity index (χ0) is 24.5. The Balaban J connectivity index is 1.50. The van der Waals surface area contributed by atoms with Crippen molar-refractivity contribution in [2.75, 3.05) is 40.3 Å². The lowest BCUT2D eigenvalue weighted by Gasteiger charge is -2.36. The van der Waals surface area contributed by atoms with Crippen molar-refractivity contribution in [3.05, 3.63) is 86.7 Å². The maximum absolute atomic E-state index is 13.4. The first-order chi connectivity index (χ1) is 16.9. The molecule has 1 aliphatic heterocycles. The summed E-state index contributed by atoms with van der Waals surface area (Å²) in [5, 5.41) is 4.92. The maximum atomic E-state index is 13.4. The van der Waals surface area contributed by atoms with Gasteiger partial charge >= 0.3 is 5.69 Å². The molecule has 1 unspecified atom stereocenters. The van der Waals surface area contributed by atoms with Crippen molar-refractivity contribution in [2.45, 2.75) is 19.5 Å². The van der Waals surface area contributed by atoms with Gasteiger partial charge in [-0.05, 0) is 49.4 Å². The average molecular weight is 476 g/mol. The van der Waals surface area contributed by atoms with E-state index in [1.54, 1.807) is 19.2 Å². The van der Waals surface area contributed by atoms with Gasteiger partial charge in [-0.3, -0.25) is 14.3 Å². The second-order valence-corrected chi connectivity index (χ2v) is 9.02. The molecule has 0 radical (unpaired) electrons. The predicted molar refractivity (Wildman–Crippen MR) is 133 cm³/mol. The van der Waals surface area contributed by atoms with E-state index in [0.717, 1.165) is 42.7 Å². The van der Waals surface area contributed by atoms with Crippen LogP contribution in [0.5, 0.6) is 5.75 Å². The second kappa shape index (κ2) is 9.52.